The van der Waals surface area contributed by atoms with E-state index >= 15 is 0 Å². The van der Waals surface area contributed by atoms with Crippen LogP contribution in [0.4, 0.5) is 5.69 Å². The minimum atomic E-state index is -0.358. The molecule has 0 amide bonds. The van der Waals surface area contributed by atoms with E-state index in [4.69, 9.17) is 16.3 Å². The van der Waals surface area contributed by atoms with E-state index in [1.807, 2.05) is 6.07 Å². The molecule has 1 N–H and O–H groups in total. The lowest BCUT2D eigenvalue weighted by atomic mass is 10.1. The molecule has 1 fully saturated rings. The van der Waals surface area contributed by atoms with Crippen molar-refractivity contribution in [1.82, 2.24) is 4.90 Å². The van der Waals surface area contributed by atoms with Gasteiger partial charge in [0.15, 0.2) is 0 Å². The molecular weight excluding hydrogens is 288 g/mol. The van der Waals surface area contributed by atoms with E-state index in [-0.39, 0.29) is 5.97 Å². The summed E-state index contributed by atoms with van der Waals surface area (Å²) in [6.45, 7) is 5.54. The van der Waals surface area contributed by atoms with Gasteiger partial charge in [-0.3, -0.25) is 0 Å². The first-order chi connectivity index (χ1) is 10.1. The van der Waals surface area contributed by atoms with Crippen LogP contribution in [0, 0.1) is 0 Å². The zero-order chi connectivity index (χ0) is 15.2. The summed E-state index contributed by atoms with van der Waals surface area (Å²) in [4.78, 5) is 14.3. The van der Waals surface area contributed by atoms with Crippen molar-refractivity contribution in [3.63, 3.8) is 0 Å². The summed E-state index contributed by atoms with van der Waals surface area (Å²) < 4.78 is 4.83. The SMILES string of the molecule is CCN1CCCC(Nc2ccc(Cl)cc2C(=O)OC)CC1. The lowest BCUT2D eigenvalue weighted by Gasteiger charge is -2.20. The number of carbonyl (C=O) groups is 1. The highest BCUT2D eigenvalue weighted by atomic mass is 35.5. The lowest BCUT2D eigenvalue weighted by Crippen LogP contribution is -2.26. The minimum Gasteiger partial charge on any atom is -0.465 e. The number of carbonyl (C=O) groups excluding carboxylic acids is 1. The van der Waals surface area contributed by atoms with Gasteiger partial charge in [0.2, 0.25) is 0 Å². The maximum absolute atomic E-state index is 11.9. The number of anilines is 1. The Balaban J connectivity index is 2.10. The van der Waals surface area contributed by atoms with Crippen LogP contribution in [0.2, 0.25) is 5.02 Å². The van der Waals surface area contributed by atoms with Gasteiger partial charge in [0.1, 0.15) is 0 Å². The molecule has 1 heterocycles. The largest absolute Gasteiger partial charge is 0.465 e. The Kier molecular flexibility index (Phi) is 5.88. The van der Waals surface area contributed by atoms with E-state index in [1.165, 1.54) is 13.5 Å². The van der Waals surface area contributed by atoms with Crippen molar-refractivity contribution in [2.45, 2.75) is 32.2 Å². The van der Waals surface area contributed by atoms with Gasteiger partial charge in [0.25, 0.3) is 0 Å². The Morgan fingerprint density at radius 3 is 2.95 bits per heavy atom. The summed E-state index contributed by atoms with van der Waals surface area (Å²) in [5, 5.41) is 4.03. The first-order valence-electron chi connectivity index (χ1n) is 7.50. The number of rotatable bonds is 4. The number of esters is 1. The average Bonchev–Trinajstić information content (AvgIpc) is 2.73. The maximum atomic E-state index is 11.9. The van der Waals surface area contributed by atoms with E-state index in [1.54, 1.807) is 12.1 Å². The second-order valence-corrected chi connectivity index (χ2v) is 5.82. The van der Waals surface area contributed by atoms with Crippen molar-refractivity contribution >= 4 is 23.3 Å². The average molecular weight is 311 g/mol. The Labute approximate surface area is 131 Å². The normalized spacial score (nSPS) is 19.9. The van der Waals surface area contributed by atoms with Gasteiger partial charge in [-0.25, -0.2) is 4.79 Å². The molecule has 1 aromatic carbocycles. The zero-order valence-corrected chi connectivity index (χ0v) is 13.4. The number of hydrogen-bond acceptors (Lipinski definition) is 4. The highest BCUT2D eigenvalue weighted by Crippen LogP contribution is 2.24. The van der Waals surface area contributed by atoms with E-state index < -0.39 is 0 Å². The zero-order valence-electron chi connectivity index (χ0n) is 12.7. The van der Waals surface area contributed by atoms with Gasteiger partial charge < -0.3 is 15.0 Å². The summed E-state index contributed by atoms with van der Waals surface area (Å²) >= 11 is 5.98. The van der Waals surface area contributed by atoms with Crippen LogP contribution in [0.25, 0.3) is 0 Å². The molecule has 1 aliphatic heterocycles. The van der Waals surface area contributed by atoms with E-state index in [9.17, 15) is 4.79 Å². The van der Waals surface area contributed by atoms with Crippen LogP contribution in [-0.2, 0) is 4.74 Å². The van der Waals surface area contributed by atoms with Crippen molar-refractivity contribution in [2.75, 3.05) is 32.1 Å². The van der Waals surface area contributed by atoms with Gasteiger partial charge in [0.05, 0.1) is 12.7 Å². The molecule has 0 aromatic heterocycles. The fourth-order valence-electron chi connectivity index (χ4n) is 2.76. The quantitative estimate of drug-likeness (QED) is 0.865. The molecule has 1 aliphatic rings. The van der Waals surface area contributed by atoms with Gasteiger partial charge in [0, 0.05) is 23.3 Å². The third kappa shape index (κ3) is 4.35. The molecular formula is C16H23ClN2O2. The Hall–Kier alpha value is -1.26. The lowest BCUT2D eigenvalue weighted by molar-refractivity contribution is 0.0602. The number of nitrogens with zero attached hydrogens (tertiary/aromatic N) is 1. The molecule has 0 spiro atoms. The number of methoxy groups -OCH3 is 1. The van der Waals surface area contributed by atoms with Gasteiger partial charge in [-0.2, -0.15) is 0 Å². The van der Waals surface area contributed by atoms with E-state index in [0.717, 1.165) is 38.2 Å². The molecule has 4 nitrogen and oxygen atoms in total. The van der Waals surface area contributed by atoms with E-state index in [2.05, 4.69) is 17.1 Å². The summed E-state index contributed by atoms with van der Waals surface area (Å²) in [6.07, 6.45) is 3.36. The monoisotopic (exact) mass is 310 g/mol. The van der Waals surface area contributed by atoms with Gasteiger partial charge in [-0.05, 0) is 50.6 Å². The van der Waals surface area contributed by atoms with Crippen LogP contribution in [0.3, 0.4) is 0 Å². The molecule has 0 saturated carbocycles. The van der Waals surface area contributed by atoms with Gasteiger partial charge in [-0.15, -0.1) is 0 Å². The molecule has 5 heteroatoms. The molecule has 21 heavy (non-hydrogen) atoms. The molecule has 1 saturated heterocycles. The predicted octanol–water partition coefficient (Wildman–Crippen LogP) is 3.41. The summed E-state index contributed by atoms with van der Waals surface area (Å²) in [7, 11) is 1.39. The summed E-state index contributed by atoms with van der Waals surface area (Å²) in [5.74, 6) is -0.358. The second kappa shape index (κ2) is 7.66. The van der Waals surface area contributed by atoms with Crippen LogP contribution >= 0.6 is 11.6 Å². The maximum Gasteiger partial charge on any atom is 0.340 e. The third-order valence-corrected chi connectivity index (χ3v) is 4.25. The molecule has 1 atom stereocenters. The first-order valence-corrected chi connectivity index (χ1v) is 7.88. The number of hydrogen-bond donors (Lipinski definition) is 1. The highest BCUT2D eigenvalue weighted by Gasteiger charge is 2.19. The minimum absolute atomic E-state index is 0.358. The van der Waals surface area contributed by atoms with Crippen molar-refractivity contribution < 1.29 is 9.53 Å². The predicted molar refractivity (Wildman–Crippen MR) is 86.2 cm³/mol. The highest BCUT2D eigenvalue weighted by molar-refractivity contribution is 6.31. The number of likely N-dealkylation sites (tertiary alicyclic amines) is 1. The third-order valence-electron chi connectivity index (χ3n) is 4.01. The number of benzene rings is 1. The molecule has 1 unspecified atom stereocenters. The molecule has 0 aliphatic carbocycles. The second-order valence-electron chi connectivity index (χ2n) is 5.39. The van der Waals surface area contributed by atoms with Crippen LogP contribution in [0.5, 0.6) is 0 Å². The molecule has 116 valence electrons. The summed E-state index contributed by atoms with van der Waals surface area (Å²) in [6, 6.07) is 5.69. The fraction of sp³-hybridized carbons (Fsp3) is 0.562. The number of halogens is 1. The van der Waals surface area contributed by atoms with Crippen LogP contribution in [0.1, 0.15) is 36.5 Å². The molecule has 0 bridgehead atoms. The number of nitrogens with one attached hydrogen (secondary N) is 1. The van der Waals surface area contributed by atoms with Gasteiger partial charge in [-0.1, -0.05) is 18.5 Å². The van der Waals surface area contributed by atoms with Crippen molar-refractivity contribution in [3.05, 3.63) is 28.8 Å². The Morgan fingerprint density at radius 1 is 1.43 bits per heavy atom. The van der Waals surface area contributed by atoms with Gasteiger partial charge >= 0.3 is 5.97 Å². The number of ether oxygens (including phenoxy) is 1. The topological polar surface area (TPSA) is 41.6 Å². The Bertz CT molecular complexity index is 493. The van der Waals surface area contributed by atoms with Crippen LogP contribution < -0.4 is 5.32 Å². The summed E-state index contributed by atoms with van der Waals surface area (Å²) in [5.41, 5.74) is 1.31. The molecule has 2 rings (SSSR count). The van der Waals surface area contributed by atoms with Crippen molar-refractivity contribution in [2.24, 2.45) is 0 Å². The van der Waals surface area contributed by atoms with Crippen LogP contribution in [-0.4, -0.2) is 43.7 Å². The molecule has 1 aromatic rings. The van der Waals surface area contributed by atoms with Crippen molar-refractivity contribution in [1.29, 1.82) is 0 Å². The first kappa shape index (κ1) is 16.1. The van der Waals surface area contributed by atoms with Crippen molar-refractivity contribution in [3.8, 4) is 0 Å². The van der Waals surface area contributed by atoms with E-state index in [0.29, 0.717) is 16.6 Å². The van der Waals surface area contributed by atoms with Crippen LogP contribution in [0.15, 0.2) is 18.2 Å². The standard InChI is InChI=1S/C16H23ClN2O2/c1-3-19-9-4-5-13(8-10-19)18-15-7-6-12(17)11-14(15)16(20)21-2/h6-7,11,13,18H,3-5,8-10H2,1-2H3. The smallest absolute Gasteiger partial charge is 0.340 e. The fourth-order valence-corrected chi connectivity index (χ4v) is 2.93. The Morgan fingerprint density at radius 2 is 2.24 bits per heavy atom. The molecule has 0 radical (unpaired) electrons.